The molecule has 0 aliphatic rings. The molecule has 8 heteroatoms. The Labute approximate surface area is 188 Å². The summed E-state index contributed by atoms with van der Waals surface area (Å²) < 4.78 is 8.26. The number of nitrogens with two attached hydrogens (primary N) is 1. The van der Waals surface area contributed by atoms with Crippen LogP contribution in [0.15, 0.2) is 53.0 Å². The number of anilines is 1. The van der Waals surface area contributed by atoms with E-state index >= 15 is 0 Å². The summed E-state index contributed by atoms with van der Waals surface area (Å²) in [4.78, 5) is 22.6. The molecule has 3 N–H and O–H groups in total. The van der Waals surface area contributed by atoms with Gasteiger partial charge < -0.3 is 15.8 Å². The first kappa shape index (κ1) is 21.3. The van der Waals surface area contributed by atoms with Crippen LogP contribution in [0.5, 0.6) is 0 Å². The lowest BCUT2D eigenvalue weighted by atomic mass is 10.2. The highest BCUT2D eigenvalue weighted by Crippen LogP contribution is 2.31. The van der Waals surface area contributed by atoms with Crippen molar-refractivity contribution < 1.29 is 9.53 Å². The minimum atomic E-state index is -0.271. The molecule has 0 saturated heterocycles. The fourth-order valence-electron chi connectivity index (χ4n) is 3.42. The molecule has 0 unspecified atom stereocenters. The molecule has 0 fully saturated rings. The number of benzene rings is 2. The minimum Gasteiger partial charge on any atom is -0.384 e. The maximum atomic E-state index is 13.1. The van der Waals surface area contributed by atoms with Crippen LogP contribution in [0, 0.1) is 0 Å². The first-order valence-corrected chi connectivity index (χ1v) is 11.0. The predicted molar refractivity (Wildman–Crippen MR) is 127 cm³/mol. The molecule has 0 spiro atoms. The molecule has 4 rings (SSSR count). The quantitative estimate of drug-likeness (QED) is 0.379. The smallest absolute Gasteiger partial charge is 0.257 e. The van der Waals surface area contributed by atoms with Gasteiger partial charge >= 0.3 is 0 Å². The van der Waals surface area contributed by atoms with Crippen molar-refractivity contribution in [1.29, 1.82) is 0 Å². The standard InChI is InChI=1S/C23H24BrN5O2/c1-14(2)31-13-5-12-26-23(30)19-20-22(28-18-7-4-3-6-17(18)27-20)29(21(19)25)16-10-8-15(24)9-11-16/h3-4,6-11,14H,5,12-13,25H2,1-2H3,(H,26,30). The van der Waals surface area contributed by atoms with E-state index in [4.69, 9.17) is 20.4 Å². The van der Waals surface area contributed by atoms with Crippen molar-refractivity contribution in [3.05, 3.63) is 58.6 Å². The van der Waals surface area contributed by atoms with Gasteiger partial charge in [-0.1, -0.05) is 28.1 Å². The zero-order valence-corrected chi connectivity index (χ0v) is 19.0. The highest BCUT2D eigenvalue weighted by molar-refractivity contribution is 9.10. The Morgan fingerprint density at radius 3 is 2.48 bits per heavy atom. The average molecular weight is 482 g/mol. The van der Waals surface area contributed by atoms with E-state index in [1.807, 2.05) is 62.4 Å². The number of aromatic nitrogens is 3. The van der Waals surface area contributed by atoms with Crippen molar-refractivity contribution in [3.8, 4) is 5.69 Å². The number of nitrogens with zero attached hydrogens (tertiary/aromatic N) is 3. The Morgan fingerprint density at radius 1 is 1.13 bits per heavy atom. The number of halogens is 1. The molecule has 2 heterocycles. The summed E-state index contributed by atoms with van der Waals surface area (Å²) in [5, 5.41) is 2.94. The van der Waals surface area contributed by atoms with Crippen LogP contribution in [0.25, 0.3) is 27.9 Å². The van der Waals surface area contributed by atoms with Gasteiger partial charge in [-0.15, -0.1) is 0 Å². The SMILES string of the molecule is CC(C)OCCCNC(=O)c1c(N)n(-c2ccc(Br)cc2)c2nc3ccccc3nc12. The number of carbonyl (C=O) groups excluding carboxylic acids is 1. The zero-order valence-electron chi connectivity index (χ0n) is 17.4. The number of amides is 1. The summed E-state index contributed by atoms with van der Waals surface area (Å²) in [7, 11) is 0. The van der Waals surface area contributed by atoms with Crippen molar-refractivity contribution in [2.24, 2.45) is 0 Å². The summed E-state index contributed by atoms with van der Waals surface area (Å²) in [5.74, 6) is 0.0380. The number of nitrogens with one attached hydrogen (secondary N) is 1. The van der Waals surface area contributed by atoms with Crippen LogP contribution >= 0.6 is 15.9 Å². The molecule has 2 aromatic heterocycles. The molecular formula is C23H24BrN5O2. The van der Waals surface area contributed by atoms with Gasteiger partial charge in [0.1, 0.15) is 16.9 Å². The molecule has 31 heavy (non-hydrogen) atoms. The second-order valence-electron chi connectivity index (χ2n) is 7.49. The maximum Gasteiger partial charge on any atom is 0.257 e. The molecule has 0 aliphatic carbocycles. The predicted octanol–water partition coefficient (Wildman–Crippen LogP) is 4.46. The first-order chi connectivity index (χ1) is 15.0. The van der Waals surface area contributed by atoms with E-state index in [0.717, 1.165) is 15.7 Å². The Kier molecular flexibility index (Phi) is 6.20. The largest absolute Gasteiger partial charge is 0.384 e. The van der Waals surface area contributed by atoms with Gasteiger partial charge in [-0.3, -0.25) is 9.36 Å². The van der Waals surface area contributed by atoms with Gasteiger partial charge in [0.15, 0.2) is 5.65 Å². The van der Waals surface area contributed by atoms with Crippen LogP contribution in [-0.2, 0) is 4.74 Å². The first-order valence-electron chi connectivity index (χ1n) is 10.2. The van der Waals surface area contributed by atoms with Crippen molar-refractivity contribution in [1.82, 2.24) is 19.9 Å². The van der Waals surface area contributed by atoms with E-state index < -0.39 is 0 Å². The molecule has 0 radical (unpaired) electrons. The van der Waals surface area contributed by atoms with Crippen molar-refractivity contribution >= 4 is 49.9 Å². The lowest BCUT2D eigenvalue weighted by Gasteiger charge is -2.09. The van der Waals surface area contributed by atoms with Crippen molar-refractivity contribution in [2.45, 2.75) is 26.4 Å². The highest BCUT2D eigenvalue weighted by atomic mass is 79.9. The number of rotatable bonds is 7. The van der Waals surface area contributed by atoms with Gasteiger partial charge in [-0.2, -0.15) is 0 Å². The molecule has 0 atom stereocenters. The third-order valence-corrected chi connectivity index (χ3v) is 5.40. The van der Waals surface area contributed by atoms with Crippen LogP contribution in [0.4, 0.5) is 5.82 Å². The summed E-state index contributed by atoms with van der Waals surface area (Å²) in [6, 6.07) is 15.3. The van der Waals surface area contributed by atoms with Crippen LogP contribution in [0.3, 0.4) is 0 Å². The fraction of sp³-hybridized carbons (Fsp3) is 0.261. The Balaban J connectivity index is 1.77. The van der Waals surface area contributed by atoms with E-state index in [0.29, 0.717) is 47.6 Å². The molecule has 7 nitrogen and oxygen atoms in total. The van der Waals surface area contributed by atoms with Gasteiger partial charge in [0.2, 0.25) is 0 Å². The van der Waals surface area contributed by atoms with Crippen molar-refractivity contribution in [2.75, 3.05) is 18.9 Å². The van der Waals surface area contributed by atoms with Crippen LogP contribution in [0.1, 0.15) is 30.6 Å². The topological polar surface area (TPSA) is 95.1 Å². The molecule has 160 valence electrons. The van der Waals surface area contributed by atoms with Crippen molar-refractivity contribution in [3.63, 3.8) is 0 Å². The van der Waals surface area contributed by atoms with E-state index in [9.17, 15) is 4.79 Å². The third-order valence-electron chi connectivity index (χ3n) is 4.87. The Morgan fingerprint density at radius 2 is 1.81 bits per heavy atom. The number of hydrogen-bond acceptors (Lipinski definition) is 5. The van der Waals surface area contributed by atoms with E-state index in [1.54, 1.807) is 4.57 Å². The zero-order chi connectivity index (χ0) is 22.0. The number of ether oxygens (including phenoxy) is 1. The van der Waals surface area contributed by atoms with E-state index in [-0.39, 0.29) is 12.0 Å². The maximum absolute atomic E-state index is 13.1. The molecule has 2 aromatic carbocycles. The van der Waals surface area contributed by atoms with E-state index in [2.05, 4.69) is 21.2 Å². The summed E-state index contributed by atoms with van der Waals surface area (Å²) in [6.07, 6.45) is 0.878. The van der Waals surface area contributed by atoms with Gasteiger partial charge in [0, 0.05) is 23.3 Å². The second-order valence-corrected chi connectivity index (χ2v) is 8.40. The van der Waals surface area contributed by atoms with Crippen LogP contribution < -0.4 is 11.1 Å². The number of fused-ring (bicyclic) bond motifs is 2. The Bertz CT molecular complexity index is 1230. The van der Waals surface area contributed by atoms with Gasteiger partial charge in [-0.05, 0) is 56.7 Å². The van der Waals surface area contributed by atoms with Crippen LogP contribution in [-0.4, -0.2) is 39.7 Å². The van der Waals surface area contributed by atoms with E-state index in [1.165, 1.54) is 0 Å². The third kappa shape index (κ3) is 4.40. The molecule has 0 aliphatic heterocycles. The number of nitrogen functional groups attached to an aromatic ring is 1. The van der Waals surface area contributed by atoms with Crippen LogP contribution in [0.2, 0.25) is 0 Å². The van der Waals surface area contributed by atoms with Gasteiger partial charge in [-0.25, -0.2) is 9.97 Å². The minimum absolute atomic E-state index is 0.166. The molecule has 4 aromatic rings. The lowest BCUT2D eigenvalue weighted by molar-refractivity contribution is 0.0757. The summed E-state index contributed by atoms with van der Waals surface area (Å²) >= 11 is 3.45. The summed E-state index contributed by atoms with van der Waals surface area (Å²) in [6.45, 7) is 5.04. The number of carbonyl (C=O) groups is 1. The van der Waals surface area contributed by atoms with Gasteiger partial charge in [0.25, 0.3) is 5.91 Å². The van der Waals surface area contributed by atoms with Gasteiger partial charge in [0.05, 0.1) is 17.1 Å². The fourth-order valence-corrected chi connectivity index (χ4v) is 3.68. The monoisotopic (exact) mass is 481 g/mol. The Hall–Kier alpha value is -2.97. The lowest BCUT2D eigenvalue weighted by Crippen LogP contribution is -2.26. The molecular weight excluding hydrogens is 458 g/mol. The highest BCUT2D eigenvalue weighted by Gasteiger charge is 2.24. The second kappa shape index (κ2) is 9.03. The average Bonchev–Trinajstić information content (AvgIpc) is 3.03. The number of hydrogen-bond donors (Lipinski definition) is 2. The molecule has 0 bridgehead atoms. The summed E-state index contributed by atoms with van der Waals surface area (Å²) in [5.41, 5.74) is 10.1. The normalized spacial score (nSPS) is 11.5. The molecule has 0 saturated carbocycles. The number of para-hydroxylation sites is 2. The molecule has 1 amide bonds.